The number of halogens is 1. The Kier molecular flexibility index (Phi) is 5.14. The average molecular weight is 295 g/mol. The van der Waals surface area contributed by atoms with Gasteiger partial charge >= 0.3 is 0 Å². The van der Waals surface area contributed by atoms with E-state index in [1.165, 1.54) is 16.2 Å². The Morgan fingerprint density at radius 3 is 2.74 bits per heavy atom. The molecule has 1 heterocycles. The fraction of sp³-hybridized carbons (Fsp3) is 0.267. The first kappa shape index (κ1) is 14.3. The van der Waals surface area contributed by atoms with Gasteiger partial charge in [-0.25, -0.2) is 0 Å². The summed E-state index contributed by atoms with van der Waals surface area (Å²) in [6.45, 7) is 2.53. The van der Waals surface area contributed by atoms with E-state index < -0.39 is 0 Å². The molecule has 2 nitrogen and oxygen atoms in total. The summed E-state index contributed by atoms with van der Waals surface area (Å²) in [7, 11) is 0. The second-order valence-electron chi connectivity index (χ2n) is 4.13. The Morgan fingerprint density at radius 2 is 2.05 bits per heavy atom. The summed E-state index contributed by atoms with van der Waals surface area (Å²) in [6.07, 6.45) is 0.957. The van der Waals surface area contributed by atoms with Crippen LogP contribution in [-0.2, 0) is 17.8 Å². The summed E-state index contributed by atoms with van der Waals surface area (Å²) in [5, 5.41) is 0.666. The zero-order valence-electron chi connectivity index (χ0n) is 10.7. The number of benzene rings is 1. The molecule has 100 valence electrons. The SMILES string of the molecule is CCc1ccc(C(=O)COCc2ccccc2Cl)s1. The maximum atomic E-state index is 11.9. The molecule has 0 aliphatic carbocycles. The summed E-state index contributed by atoms with van der Waals surface area (Å²) >= 11 is 7.55. The number of Topliss-reactive ketones (excluding diaryl/α,β-unsaturated/α-hetero) is 1. The molecule has 2 rings (SSSR count). The van der Waals surface area contributed by atoms with Crippen molar-refractivity contribution in [3.8, 4) is 0 Å². The van der Waals surface area contributed by atoms with E-state index in [0.29, 0.717) is 11.6 Å². The second kappa shape index (κ2) is 6.85. The van der Waals surface area contributed by atoms with Gasteiger partial charge in [0.05, 0.1) is 11.5 Å². The molecule has 0 aliphatic heterocycles. The van der Waals surface area contributed by atoms with Crippen LogP contribution >= 0.6 is 22.9 Å². The van der Waals surface area contributed by atoms with Crippen LogP contribution in [0.2, 0.25) is 5.02 Å². The van der Waals surface area contributed by atoms with Crippen molar-refractivity contribution < 1.29 is 9.53 Å². The molecule has 2 aromatic rings. The Bertz CT molecular complexity index is 563. The molecule has 0 unspecified atom stereocenters. The molecule has 0 amide bonds. The van der Waals surface area contributed by atoms with Gasteiger partial charge in [0.1, 0.15) is 6.61 Å². The largest absolute Gasteiger partial charge is 0.369 e. The second-order valence-corrected chi connectivity index (χ2v) is 5.70. The zero-order chi connectivity index (χ0) is 13.7. The highest BCUT2D eigenvalue weighted by atomic mass is 35.5. The van der Waals surface area contributed by atoms with Crippen molar-refractivity contribution in [1.29, 1.82) is 0 Å². The van der Waals surface area contributed by atoms with E-state index in [1.807, 2.05) is 36.4 Å². The van der Waals surface area contributed by atoms with Crippen molar-refractivity contribution in [2.45, 2.75) is 20.0 Å². The number of aryl methyl sites for hydroxylation is 1. The monoisotopic (exact) mass is 294 g/mol. The minimum Gasteiger partial charge on any atom is -0.369 e. The lowest BCUT2D eigenvalue weighted by Crippen LogP contribution is -2.07. The van der Waals surface area contributed by atoms with E-state index in [0.717, 1.165) is 16.9 Å². The van der Waals surface area contributed by atoms with E-state index in [2.05, 4.69) is 6.92 Å². The van der Waals surface area contributed by atoms with Gasteiger partial charge in [0.25, 0.3) is 0 Å². The van der Waals surface area contributed by atoms with Gasteiger partial charge in [-0.3, -0.25) is 4.79 Å². The number of ketones is 1. The van der Waals surface area contributed by atoms with Crippen LogP contribution in [0.1, 0.15) is 27.0 Å². The zero-order valence-corrected chi connectivity index (χ0v) is 12.3. The van der Waals surface area contributed by atoms with Crippen LogP contribution in [0.15, 0.2) is 36.4 Å². The fourth-order valence-corrected chi connectivity index (χ4v) is 2.72. The third-order valence-corrected chi connectivity index (χ3v) is 4.37. The lowest BCUT2D eigenvalue weighted by atomic mass is 10.2. The van der Waals surface area contributed by atoms with Crippen LogP contribution in [-0.4, -0.2) is 12.4 Å². The Labute approximate surface area is 122 Å². The topological polar surface area (TPSA) is 26.3 Å². The van der Waals surface area contributed by atoms with E-state index in [4.69, 9.17) is 16.3 Å². The predicted octanol–water partition coefficient (Wildman–Crippen LogP) is 4.36. The number of hydrogen-bond donors (Lipinski definition) is 0. The van der Waals surface area contributed by atoms with Crippen LogP contribution in [0, 0.1) is 0 Å². The molecule has 0 fully saturated rings. The molecular weight excluding hydrogens is 280 g/mol. The minimum absolute atomic E-state index is 0.0248. The molecule has 0 aliphatic rings. The Balaban J connectivity index is 1.86. The number of rotatable bonds is 6. The maximum absolute atomic E-state index is 11.9. The van der Waals surface area contributed by atoms with Gasteiger partial charge in [0, 0.05) is 9.90 Å². The lowest BCUT2D eigenvalue weighted by Gasteiger charge is -2.04. The summed E-state index contributed by atoms with van der Waals surface area (Å²) in [4.78, 5) is 13.9. The number of thiophene rings is 1. The first-order chi connectivity index (χ1) is 9.20. The number of carbonyl (C=O) groups is 1. The van der Waals surface area contributed by atoms with Gasteiger partial charge < -0.3 is 4.74 Å². The molecule has 0 saturated carbocycles. The first-order valence-electron chi connectivity index (χ1n) is 6.13. The average Bonchev–Trinajstić information content (AvgIpc) is 2.90. The van der Waals surface area contributed by atoms with Crippen molar-refractivity contribution in [1.82, 2.24) is 0 Å². The standard InChI is InChI=1S/C15H15ClO2S/c1-2-12-7-8-15(19-12)14(17)10-18-9-11-5-3-4-6-13(11)16/h3-8H,2,9-10H2,1H3. The third-order valence-electron chi connectivity index (χ3n) is 2.73. The fourth-order valence-electron chi connectivity index (χ4n) is 1.66. The van der Waals surface area contributed by atoms with Crippen LogP contribution < -0.4 is 0 Å². The van der Waals surface area contributed by atoms with Crippen molar-refractivity contribution in [2.75, 3.05) is 6.61 Å². The maximum Gasteiger partial charge on any atom is 0.198 e. The highest BCUT2D eigenvalue weighted by molar-refractivity contribution is 7.14. The van der Waals surface area contributed by atoms with Crippen molar-refractivity contribution in [3.05, 3.63) is 56.7 Å². The molecule has 1 aromatic carbocycles. The molecule has 0 bridgehead atoms. The molecule has 0 spiro atoms. The first-order valence-corrected chi connectivity index (χ1v) is 7.33. The van der Waals surface area contributed by atoms with Gasteiger partial charge in [-0.2, -0.15) is 0 Å². The van der Waals surface area contributed by atoms with Gasteiger partial charge in [0.15, 0.2) is 5.78 Å². The van der Waals surface area contributed by atoms with E-state index in [-0.39, 0.29) is 12.4 Å². The number of ether oxygens (including phenoxy) is 1. The van der Waals surface area contributed by atoms with E-state index >= 15 is 0 Å². The van der Waals surface area contributed by atoms with Crippen LogP contribution in [0.25, 0.3) is 0 Å². The van der Waals surface area contributed by atoms with Crippen molar-refractivity contribution in [2.24, 2.45) is 0 Å². The van der Waals surface area contributed by atoms with Crippen molar-refractivity contribution in [3.63, 3.8) is 0 Å². The molecule has 4 heteroatoms. The number of hydrogen-bond acceptors (Lipinski definition) is 3. The van der Waals surface area contributed by atoms with Crippen LogP contribution in [0.3, 0.4) is 0 Å². The molecule has 0 N–H and O–H groups in total. The van der Waals surface area contributed by atoms with Gasteiger partial charge in [0.2, 0.25) is 0 Å². The molecule has 0 atom stereocenters. The van der Waals surface area contributed by atoms with Gasteiger partial charge in [-0.1, -0.05) is 36.7 Å². The third kappa shape index (κ3) is 3.90. The highest BCUT2D eigenvalue weighted by Gasteiger charge is 2.09. The Hall–Kier alpha value is -1.16. The molecular formula is C15H15ClO2S. The summed E-state index contributed by atoms with van der Waals surface area (Å²) in [5.74, 6) is 0.0248. The quantitative estimate of drug-likeness (QED) is 0.740. The smallest absolute Gasteiger partial charge is 0.198 e. The number of carbonyl (C=O) groups excluding carboxylic acids is 1. The van der Waals surface area contributed by atoms with E-state index in [9.17, 15) is 4.79 Å². The normalized spacial score (nSPS) is 10.6. The Morgan fingerprint density at radius 1 is 1.26 bits per heavy atom. The highest BCUT2D eigenvalue weighted by Crippen LogP contribution is 2.18. The lowest BCUT2D eigenvalue weighted by molar-refractivity contribution is 0.0730. The van der Waals surface area contributed by atoms with Gasteiger partial charge in [-0.15, -0.1) is 11.3 Å². The summed E-state index contributed by atoms with van der Waals surface area (Å²) < 4.78 is 5.43. The molecule has 1 aromatic heterocycles. The molecule has 19 heavy (non-hydrogen) atoms. The van der Waals surface area contributed by atoms with Crippen LogP contribution in [0.4, 0.5) is 0 Å². The van der Waals surface area contributed by atoms with Crippen molar-refractivity contribution >= 4 is 28.7 Å². The summed E-state index contributed by atoms with van der Waals surface area (Å²) in [5.41, 5.74) is 0.900. The molecule has 0 radical (unpaired) electrons. The summed E-state index contributed by atoms with van der Waals surface area (Å²) in [6, 6.07) is 11.3. The van der Waals surface area contributed by atoms with E-state index in [1.54, 1.807) is 0 Å². The predicted molar refractivity (Wildman–Crippen MR) is 79.1 cm³/mol. The molecule has 0 saturated heterocycles. The van der Waals surface area contributed by atoms with Gasteiger partial charge in [-0.05, 0) is 30.2 Å². The van der Waals surface area contributed by atoms with Crippen LogP contribution in [0.5, 0.6) is 0 Å². The minimum atomic E-state index is 0.0248.